The first-order valence-corrected chi connectivity index (χ1v) is 9.03. The third-order valence-electron chi connectivity index (χ3n) is 3.58. The van der Waals surface area contributed by atoms with Gasteiger partial charge in [0.05, 0.1) is 7.11 Å². The lowest BCUT2D eigenvalue weighted by molar-refractivity contribution is 0.102. The number of benzene rings is 2. The van der Waals surface area contributed by atoms with Crippen molar-refractivity contribution >= 4 is 34.0 Å². The van der Waals surface area contributed by atoms with Crippen LogP contribution in [0.5, 0.6) is 11.5 Å². The van der Waals surface area contributed by atoms with E-state index in [0.717, 1.165) is 10.4 Å². The first kappa shape index (κ1) is 18.2. The summed E-state index contributed by atoms with van der Waals surface area (Å²) in [5, 5.41) is 4.01. The molecule has 0 saturated heterocycles. The van der Waals surface area contributed by atoms with Crippen LogP contribution in [0.15, 0.2) is 48.7 Å². The van der Waals surface area contributed by atoms with Gasteiger partial charge in [0.2, 0.25) is 0 Å². The van der Waals surface area contributed by atoms with Gasteiger partial charge >= 0.3 is 0 Å². The molecule has 1 aromatic heterocycles. The molecule has 26 heavy (non-hydrogen) atoms. The van der Waals surface area contributed by atoms with E-state index >= 15 is 0 Å². The first-order chi connectivity index (χ1) is 12.5. The third kappa shape index (κ3) is 4.53. The van der Waals surface area contributed by atoms with Crippen molar-refractivity contribution in [2.24, 2.45) is 0 Å². The van der Waals surface area contributed by atoms with Gasteiger partial charge in [0.1, 0.15) is 6.61 Å². The van der Waals surface area contributed by atoms with Gasteiger partial charge in [-0.15, -0.1) is 11.3 Å². The van der Waals surface area contributed by atoms with Crippen LogP contribution >= 0.6 is 22.9 Å². The van der Waals surface area contributed by atoms with E-state index in [9.17, 15) is 4.79 Å². The summed E-state index contributed by atoms with van der Waals surface area (Å²) in [6.07, 6.45) is 1.72. The number of carbonyl (C=O) groups excluding carboxylic acids is 1. The van der Waals surface area contributed by atoms with Gasteiger partial charge in [-0.05, 0) is 42.8 Å². The number of thiazole rings is 1. The molecule has 0 saturated carbocycles. The van der Waals surface area contributed by atoms with Crippen LogP contribution < -0.4 is 14.8 Å². The number of nitrogens with zero attached hydrogens (tertiary/aromatic N) is 1. The monoisotopic (exact) mass is 388 g/mol. The number of anilines is 1. The van der Waals surface area contributed by atoms with Crippen LogP contribution in [0.2, 0.25) is 5.02 Å². The van der Waals surface area contributed by atoms with E-state index in [1.165, 1.54) is 18.4 Å². The normalized spacial score (nSPS) is 10.4. The standard InChI is InChI=1S/C19H17ClN2O3S/c1-12-10-21-19(26-12)22-18(23)14-5-8-16(17(9-14)24-2)25-11-13-3-6-15(20)7-4-13/h3-10H,11H2,1-2H3,(H,21,22,23). The number of rotatable bonds is 6. The SMILES string of the molecule is COc1cc(C(=O)Nc2ncc(C)s2)ccc1OCc1ccc(Cl)cc1. The molecule has 1 amide bonds. The lowest BCUT2D eigenvalue weighted by Gasteiger charge is -2.12. The zero-order chi connectivity index (χ0) is 18.5. The number of ether oxygens (including phenoxy) is 2. The van der Waals surface area contributed by atoms with E-state index in [1.54, 1.807) is 24.4 Å². The van der Waals surface area contributed by atoms with Crippen molar-refractivity contribution in [3.63, 3.8) is 0 Å². The molecule has 3 aromatic rings. The molecule has 0 spiro atoms. The smallest absolute Gasteiger partial charge is 0.257 e. The fourth-order valence-electron chi connectivity index (χ4n) is 2.25. The highest BCUT2D eigenvalue weighted by Gasteiger charge is 2.13. The highest BCUT2D eigenvalue weighted by Crippen LogP contribution is 2.29. The van der Waals surface area contributed by atoms with Gasteiger partial charge < -0.3 is 9.47 Å². The van der Waals surface area contributed by atoms with Gasteiger partial charge in [0.15, 0.2) is 16.6 Å². The molecule has 0 aliphatic carbocycles. The average molecular weight is 389 g/mol. The molecule has 1 heterocycles. The largest absolute Gasteiger partial charge is 0.493 e. The molecule has 0 unspecified atom stereocenters. The number of hydrogen-bond acceptors (Lipinski definition) is 5. The predicted octanol–water partition coefficient (Wildman–Crippen LogP) is 4.94. The number of aromatic nitrogens is 1. The van der Waals surface area contributed by atoms with Crippen LogP contribution in [-0.4, -0.2) is 18.0 Å². The van der Waals surface area contributed by atoms with E-state index in [4.69, 9.17) is 21.1 Å². The zero-order valence-corrected chi connectivity index (χ0v) is 15.9. The second-order valence-corrected chi connectivity index (χ2v) is 7.18. The molecule has 0 aliphatic rings. The maximum absolute atomic E-state index is 12.4. The van der Waals surface area contributed by atoms with Gasteiger partial charge in [-0.1, -0.05) is 23.7 Å². The Morgan fingerprint density at radius 1 is 1.19 bits per heavy atom. The summed E-state index contributed by atoms with van der Waals surface area (Å²) >= 11 is 7.30. The van der Waals surface area contributed by atoms with Crippen molar-refractivity contribution in [2.75, 3.05) is 12.4 Å². The Labute approximate surface area is 160 Å². The summed E-state index contributed by atoms with van der Waals surface area (Å²) in [4.78, 5) is 17.5. The van der Waals surface area contributed by atoms with Crippen molar-refractivity contribution in [1.29, 1.82) is 0 Å². The van der Waals surface area contributed by atoms with Crippen LogP contribution in [-0.2, 0) is 6.61 Å². The minimum atomic E-state index is -0.248. The lowest BCUT2D eigenvalue weighted by atomic mass is 10.2. The van der Waals surface area contributed by atoms with Crippen molar-refractivity contribution in [3.8, 4) is 11.5 Å². The summed E-state index contributed by atoms with van der Waals surface area (Å²) < 4.78 is 11.2. The van der Waals surface area contributed by atoms with Crippen LogP contribution in [0.25, 0.3) is 0 Å². The third-order valence-corrected chi connectivity index (χ3v) is 4.66. The molecule has 3 rings (SSSR count). The van der Waals surface area contributed by atoms with Crippen molar-refractivity contribution < 1.29 is 14.3 Å². The number of nitrogens with one attached hydrogen (secondary N) is 1. The Kier molecular flexibility index (Phi) is 5.75. The number of halogens is 1. The topological polar surface area (TPSA) is 60.5 Å². The molecule has 0 radical (unpaired) electrons. The maximum atomic E-state index is 12.4. The van der Waals surface area contributed by atoms with E-state index in [-0.39, 0.29) is 5.91 Å². The minimum Gasteiger partial charge on any atom is -0.493 e. The van der Waals surface area contributed by atoms with Crippen molar-refractivity contribution in [2.45, 2.75) is 13.5 Å². The van der Waals surface area contributed by atoms with E-state index in [2.05, 4.69) is 10.3 Å². The zero-order valence-electron chi connectivity index (χ0n) is 14.3. The minimum absolute atomic E-state index is 0.248. The Balaban J connectivity index is 1.70. The van der Waals surface area contributed by atoms with Crippen LogP contribution in [0.4, 0.5) is 5.13 Å². The van der Waals surface area contributed by atoms with Gasteiger partial charge in [-0.25, -0.2) is 4.98 Å². The van der Waals surface area contributed by atoms with Gasteiger partial charge in [-0.3, -0.25) is 10.1 Å². The summed E-state index contributed by atoms with van der Waals surface area (Å²) in [7, 11) is 1.54. The predicted molar refractivity (Wildman–Crippen MR) is 104 cm³/mol. The number of carbonyl (C=O) groups is 1. The highest BCUT2D eigenvalue weighted by molar-refractivity contribution is 7.15. The van der Waals surface area contributed by atoms with Crippen molar-refractivity contribution in [3.05, 3.63) is 69.7 Å². The molecule has 0 atom stereocenters. The molecule has 2 aromatic carbocycles. The Morgan fingerprint density at radius 3 is 2.62 bits per heavy atom. The van der Waals surface area contributed by atoms with Crippen LogP contribution in [0.1, 0.15) is 20.8 Å². The van der Waals surface area contributed by atoms with Crippen LogP contribution in [0, 0.1) is 6.92 Å². The van der Waals surface area contributed by atoms with Gasteiger partial charge in [-0.2, -0.15) is 0 Å². The molecular formula is C19H17ClN2O3S. The fraction of sp³-hybridized carbons (Fsp3) is 0.158. The molecule has 0 bridgehead atoms. The molecule has 7 heteroatoms. The maximum Gasteiger partial charge on any atom is 0.257 e. The van der Waals surface area contributed by atoms with Crippen LogP contribution in [0.3, 0.4) is 0 Å². The number of methoxy groups -OCH3 is 1. The molecular weight excluding hydrogens is 372 g/mol. The van der Waals surface area contributed by atoms with E-state index in [1.807, 2.05) is 31.2 Å². The lowest BCUT2D eigenvalue weighted by Crippen LogP contribution is -2.12. The van der Waals surface area contributed by atoms with Gasteiger partial charge in [0, 0.05) is 21.7 Å². The summed E-state index contributed by atoms with van der Waals surface area (Å²) in [5.74, 6) is 0.799. The highest BCUT2D eigenvalue weighted by atomic mass is 35.5. The molecule has 0 aliphatic heterocycles. The second-order valence-electron chi connectivity index (χ2n) is 5.51. The first-order valence-electron chi connectivity index (χ1n) is 7.84. The Bertz CT molecular complexity index is 909. The number of aryl methyl sites for hydroxylation is 1. The second kappa shape index (κ2) is 8.21. The fourth-order valence-corrected chi connectivity index (χ4v) is 3.04. The summed E-state index contributed by atoms with van der Waals surface area (Å²) in [6, 6.07) is 12.5. The molecule has 134 valence electrons. The summed E-state index contributed by atoms with van der Waals surface area (Å²) in [6.45, 7) is 2.31. The number of hydrogen-bond donors (Lipinski definition) is 1. The van der Waals surface area contributed by atoms with Gasteiger partial charge in [0.25, 0.3) is 5.91 Å². The van der Waals surface area contributed by atoms with E-state index in [0.29, 0.717) is 33.8 Å². The summed E-state index contributed by atoms with van der Waals surface area (Å²) in [5.41, 5.74) is 1.45. The van der Waals surface area contributed by atoms with Crippen molar-refractivity contribution in [1.82, 2.24) is 4.98 Å². The quantitative estimate of drug-likeness (QED) is 0.649. The average Bonchev–Trinajstić information content (AvgIpc) is 3.05. The Morgan fingerprint density at radius 2 is 1.96 bits per heavy atom. The molecule has 1 N–H and O–H groups in total. The van der Waals surface area contributed by atoms with E-state index < -0.39 is 0 Å². The molecule has 5 nitrogen and oxygen atoms in total. The molecule has 0 fully saturated rings. The number of amides is 1. The Hall–Kier alpha value is -2.57.